The van der Waals surface area contributed by atoms with Crippen LogP contribution < -0.4 is 4.74 Å². The smallest absolute Gasteiger partial charge is 0.222 e. The summed E-state index contributed by atoms with van der Waals surface area (Å²) in [5.74, 6) is 1.28. The maximum Gasteiger partial charge on any atom is 0.222 e. The number of hydrogen-bond acceptors (Lipinski definition) is 3. The molecule has 2 aromatic rings. The molecule has 0 saturated heterocycles. The molecular weight excluding hydrogens is 297 g/mol. The lowest BCUT2D eigenvalue weighted by Gasteiger charge is -2.15. The van der Waals surface area contributed by atoms with Gasteiger partial charge in [0.15, 0.2) is 0 Å². The lowest BCUT2D eigenvalue weighted by molar-refractivity contribution is 0.183. The standard InChI is InChI=1S/C15H15Cl2NO2/c1-10(9-19-2)14-4-3-5-18-15(14)20-13-7-11(16)6-12(17)8-13/h3-8,10H,9H2,1-2H3. The molecule has 0 bridgehead atoms. The topological polar surface area (TPSA) is 31.4 Å². The Balaban J connectivity index is 2.29. The van der Waals surface area contributed by atoms with E-state index < -0.39 is 0 Å². The van der Waals surface area contributed by atoms with E-state index in [0.717, 1.165) is 5.56 Å². The van der Waals surface area contributed by atoms with Gasteiger partial charge in [0.05, 0.1) is 6.61 Å². The Morgan fingerprint density at radius 3 is 2.55 bits per heavy atom. The molecule has 0 N–H and O–H groups in total. The molecule has 0 saturated carbocycles. The molecule has 1 unspecified atom stereocenters. The molecule has 0 fully saturated rings. The number of pyridine rings is 1. The Kier molecular flexibility index (Phi) is 5.24. The van der Waals surface area contributed by atoms with Crippen molar-refractivity contribution >= 4 is 23.2 Å². The molecule has 3 nitrogen and oxygen atoms in total. The molecule has 0 radical (unpaired) electrons. The van der Waals surface area contributed by atoms with Crippen LogP contribution in [-0.4, -0.2) is 18.7 Å². The molecule has 0 spiro atoms. The molecule has 0 aliphatic rings. The van der Waals surface area contributed by atoms with Gasteiger partial charge in [-0.2, -0.15) is 0 Å². The van der Waals surface area contributed by atoms with Crippen LogP contribution in [0.15, 0.2) is 36.5 Å². The number of ether oxygens (including phenoxy) is 2. The third-order valence-corrected chi connectivity index (χ3v) is 3.24. The molecular formula is C15H15Cl2NO2. The molecule has 0 amide bonds. The van der Waals surface area contributed by atoms with E-state index in [1.54, 1.807) is 31.5 Å². The second-order valence-electron chi connectivity index (χ2n) is 4.46. The fraction of sp³-hybridized carbons (Fsp3) is 0.267. The summed E-state index contributed by atoms with van der Waals surface area (Å²) in [5.41, 5.74) is 0.977. The van der Waals surface area contributed by atoms with Crippen molar-refractivity contribution in [3.63, 3.8) is 0 Å². The van der Waals surface area contributed by atoms with Crippen LogP contribution in [0.1, 0.15) is 18.4 Å². The fourth-order valence-electron chi connectivity index (χ4n) is 1.90. The van der Waals surface area contributed by atoms with Gasteiger partial charge in [0.1, 0.15) is 5.75 Å². The number of nitrogens with zero attached hydrogens (tertiary/aromatic N) is 1. The lowest BCUT2D eigenvalue weighted by Crippen LogP contribution is -2.04. The normalized spacial score (nSPS) is 12.2. The second-order valence-corrected chi connectivity index (χ2v) is 5.33. The molecule has 1 aromatic heterocycles. The van der Waals surface area contributed by atoms with Crippen molar-refractivity contribution in [1.29, 1.82) is 0 Å². The van der Waals surface area contributed by atoms with E-state index in [2.05, 4.69) is 11.9 Å². The summed E-state index contributed by atoms with van der Waals surface area (Å²) in [6.07, 6.45) is 1.69. The minimum atomic E-state index is 0.179. The molecule has 0 aliphatic heterocycles. The zero-order chi connectivity index (χ0) is 14.5. The first-order valence-corrected chi connectivity index (χ1v) is 6.93. The van der Waals surface area contributed by atoms with E-state index in [1.165, 1.54) is 0 Å². The lowest BCUT2D eigenvalue weighted by atomic mass is 10.0. The van der Waals surface area contributed by atoms with Gasteiger partial charge in [-0.1, -0.05) is 36.2 Å². The van der Waals surface area contributed by atoms with Crippen molar-refractivity contribution in [3.05, 3.63) is 52.1 Å². The van der Waals surface area contributed by atoms with Gasteiger partial charge < -0.3 is 9.47 Å². The SMILES string of the molecule is COCC(C)c1cccnc1Oc1cc(Cl)cc(Cl)c1. The highest BCUT2D eigenvalue weighted by Crippen LogP contribution is 2.31. The molecule has 106 valence electrons. The van der Waals surface area contributed by atoms with Gasteiger partial charge >= 0.3 is 0 Å². The Hall–Kier alpha value is -1.29. The van der Waals surface area contributed by atoms with Crippen molar-refractivity contribution in [3.8, 4) is 11.6 Å². The summed E-state index contributed by atoms with van der Waals surface area (Å²) in [5, 5.41) is 1.05. The van der Waals surface area contributed by atoms with Gasteiger partial charge in [0.2, 0.25) is 5.88 Å². The van der Waals surface area contributed by atoms with Gasteiger partial charge in [-0.15, -0.1) is 0 Å². The van der Waals surface area contributed by atoms with Crippen LogP contribution in [0.4, 0.5) is 0 Å². The number of methoxy groups -OCH3 is 1. The summed E-state index contributed by atoms with van der Waals surface area (Å²) in [6, 6.07) is 8.90. The van der Waals surface area contributed by atoms with E-state index in [4.69, 9.17) is 32.7 Å². The third-order valence-electron chi connectivity index (χ3n) is 2.80. The van der Waals surface area contributed by atoms with E-state index in [0.29, 0.717) is 28.3 Å². The van der Waals surface area contributed by atoms with E-state index >= 15 is 0 Å². The van der Waals surface area contributed by atoms with Crippen LogP contribution in [0.2, 0.25) is 10.0 Å². The summed E-state index contributed by atoms with van der Waals surface area (Å²) >= 11 is 11.9. The summed E-state index contributed by atoms with van der Waals surface area (Å²) < 4.78 is 11.0. The predicted octanol–water partition coefficient (Wildman–Crippen LogP) is 4.93. The number of benzene rings is 1. The first-order valence-electron chi connectivity index (χ1n) is 6.18. The fourth-order valence-corrected chi connectivity index (χ4v) is 2.41. The van der Waals surface area contributed by atoms with Crippen LogP contribution in [0.3, 0.4) is 0 Å². The minimum absolute atomic E-state index is 0.179. The highest BCUT2D eigenvalue weighted by Gasteiger charge is 2.13. The van der Waals surface area contributed by atoms with Crippen molar-refractivity contribution in [1.82, 2.24) is 4.98 Å². The van der Waals surface area contributed by atoms with Gasteiger partial charge in [0.25, 0.3) is 0 Å². The predicted molar refractivity (Wildman–Crippen MR) is 81.1 cm³/mol. The molecule has 0 aliphatic carbocycles. The number of hydrogen-bond donors (Lipinski definition) is 0. The molecule has 1 heterocycles. The molecule has 5 heteroatoms. The van der Waals surface area contributed by atoms with Gasteiger partial charge in [-0.25, -0.2) is 4.98 Å². The Bertz CT molecular complexity index is 570. The van der Waals surface area contributed by atoms with Crippen LogP contribution in [0.25, 0.3) is 0 Å². The second kappa shape index (κ2) is 6.93. The van der Waals surface area contributed by atoms with E-state index in [-0.39, 0.29) is 5.92 Å². The third kappa shape index (κ3) is 3.85. The van der Waals surface area contributed by atoms with Crippen molar-refractivity contribution in [2.75, 3.05) is 13.7 Å². The molecule has 20 heavy (non-hydrogen) atoms. The van der Waals surface area contributed by atoms with E-state index in [9.17, 15) is 0 Å². The van der Waals surface area contributed by atoms with E-state index in [1.807, 2.05) is 12.1 Å². The van der Waals surface area contributed by atoms with Crippen molar-refractivity contribution in [2.24, 2.45) is 0 Å². The Morgan fingerprint density at radius 2 is 1.90 bits per heavy atom. The summed E-state index contributed by atoms with van der Waals surface area (Å²) in [7, 11) is 1.67. The molecule has 1 atom stereocenters. The first-order chi connectivity index (χ1) is 9.60. The highest BCUT2D eigenvalue weighted by atomic mass is 35.5. The molecule has 2 rings (SSSR count). The van der Waals surface area contributed by atoms with Crippen molar-refractivity contribution in [2.45, 2.75) is 12.8 Å². The Labute approximate surface area is 128 Å². The average molecular weight is 312 g/mol. The van der Waals surface area contributed by atoms with Gasteiger partial charge in [-0.3, -0.25) is 0 Å². The largest absolute Gasteiger partial charge is 0.439 e. The minimum Gasteiger partial charge on any atom is -0.439 e. The number of rotatable bonds is 5. The van der Waals surface area contributed by atoms with Crippen LogP contribution in [-0.2, 0) is 4.74 Å². The summed E-state index contributed by atoms with van der Waals surface area (Å²) in [4.78, 5) is 4.27. The number of aromatic nitrogens is 1. The Morgan fingerprint density at radius 1 is 1.20 bits per heavy atom. The average Bonchev–Trinajstić information content (AvgIpc) is 2.38. The zero-order valence-corrected chi connectivity index (χ0v) is 12.8. The van der Waals surface area contributed by atoms with Crippen LogP contribution in [0.5, 0.6) is 11.6 Å². The van der Waals surface area contributed by atoms with Crippen LogP contribution >= 0.6 is 23.2 Å². The molecule has 1 aromatic carbocycles. The first kappa shape index (κ1) is 15.1. The van der Waals surface area contributed by atoms with Gasteiger partial charge in [0, 0.05) is 34.8 Å². The maximum absolute atomic E-state index is 5.96. The number of halogens is 2. The maximum atomic E-state index is 5.96. The highest BCUT2D eigenvalue weighted by molar-refractivity contribution is 6.34. The quantitative estimate of drug-likeness (QED) is 0.784. The van der Waals surface area contributed by atoms with Crippen molar-refractivity contribution < 1.29 is 9.47 Å². The monoisotopic (exact) mass is 311 g/mol. The summed E-state index contributed by atoms with van der Waals surface area (Å²) in [6.45, 7) is 2.65. The van der Waals surface area contributed by atoms with Crippen LogP contribution in [0, 0.1) is 0 Å². The van der Waals surface area contributed by atoms with Gasteiger partial charge in [-0.05, 0) is 24.3 Å². The zero-order valence-electron chi connectivity index (χ0n) is 11.3.